The van der Waals surface area contributed by atoms with Crippen LogP contribution in [0.4, 0.5) is 0 Å². The van der Waals surface area contributed by atoms with Gasteiger partial charge in [-0.15, -0.1) is 0 Å². The quantitative estimate of drug-likeness (QED) is 0.846. The number of carboxylic acids is 1. The monoisotopic (exact) mass is 307 g/mol. The van der Waals surface area contributed by atoms with Gasteiger partial charge in [0.15, 0.2) is 0 Å². The van der Waals surface area contributed by atoms with E-state index < -0.39 is 5.97 Å². The smallest absolute Gasteiger partial charge is 0.305 e. The second-order valence-corrected chi connectivity index (χ2v) is 6.19. The number of aliphatic carboxylic acids is 1. The number of amides is 1. The van der Waals surface area contributed by atoms with Crippen LogP contribution in [0.1, 0.15) is 67.4 Å². The lowest BCUT2D eigenvalue weighted by Gasteiger charge is -2.21. The average Bonchev–Trinajstić information content (AvgIpc) is 2.43. The second kappa shape index (κ2) is 7.29. The third-order valence-corrected chi connectivity index (χ3v) is 3.69. The summed E-state index contributed by atoms with van der Waals surface area (Å²) in [5.74, 6) is -0.999. The van der Waals surface area contributed by atoms with Crippen molar-refractivity contribution >= 4 is 11.9 Å². The Labute approximate surface area is 131 Å². The summed E-state index contributed by atoms with van der Waals surface area (Å²) in [7, 11) is 1.54. The number of rotatable bonds is 6. The number of carboxylic acid groups (broad SMARTS) is 1. The number of benzene rings is 1. The minimum atomic E-state index is -0.956. The number of carbonyl (C=O) groups excluding carboxylic acids is 1. The standard InChI is InChI=1S/C17H25NO4/c1-10(2)12-8-13(11(3)4)16(21)14(9-12)17(22)18(5)7-6-15(19)20/h8-11,21H,6-7H2,1-5H3,(H,19,20). The Balaban J connectivity index is 3.21. The van der Waals surface area contributed by atoms with E-state index in [2.05, 4.69) is 0 Å². The molecule has 0 aliphatic rings. The van der Waals surface area contributed by atoms with Crippen LogP contribution >= 0.6 is 0 Å². The molecule has 0 fully saturated rings. The maximum absolute atomic E-state index is 12.5. The molecule has 2 N–H and O–H groups in total. The van der Waals surface area contributed by atoms with Crippen molar-refractivity contribution in [1.29, 1.82) is 0 Å². The van der Waals surface area contributed by atoms with Crippen molar-refractivity contribution in [2.45, 2.75) is 46.0 Å². The Kier molecular flexibility index (Phi) is 5.97. The molecular formula is C17H25NO4. The zero-order valence-corrected chi connectivity index (χ0v) is 13.9. The van der Waals surface area contributed by atoms with Crippen molar-refractivity contribution in [1.82, 2.24) is 4.90 Å². The molecule has 5 nitrogen and oxygen atoms in total. The fraction of sp³-hybridized carbons (Fsp3) is 0.529. The van der Waals surface area contributed by atoms with Crippen LogP contribution in [0.2, 0.25) is 0 Å². The van der Waals surface area contributed by atoms with E-state index in [4.69, 9.17) is 5.11 Å². The Bertz CT molecular complexity index is 564. The van der Waals surface area contributed by atoms with Crippen LogP contribution in [0.3, 0.4) is 0 Å². The second-order valence-electron chi connectivity index (χ2n) is 6.19. The van der Waals surface area contributed by atoms with Crippen LogP contribution in [-0.4, -0.2) is 40.6 Å². The van der Waals surface area contributed by atoms with E-state index in [1.165, 1.54) is 4.90 Å². The van der Waals surface area contributed by atoms with E-state index in [1.807, 2.05) is 33.8 Å². The summed E-state index contributed by atoms with van der Waals surface area (Å²) in [6.45, 7) is 8.08. The summed E-state index contributed by atoms with van der Waals surface area (Å²) in [4.78, 5) is 24.5. The maximum Gasteiger partial charge on any atom is 0.305 e. The number of carbonyl (C=O) groups is 2. The minimum Gasteiger partial charge on any atom is -0.507 e. The van der Waals surface area contributed by atoms with Crippen LogP contribution in [0.25, 0.3) is 0 Å². The van der Waals surface area contributed by atoms with Gasteiger partial charge in [-0.05, 0) is 29.0 Å². The Morgan fingerprint density at radius 2 is 1.73 bits per heavy atom. The zero-order chi connectivity index (χ0) is 17.0. The Morgan fingerprint density at radius 3 is 2.18 bits per heavy atom. The molecule has 0 aliphatic heterocycles. The van der Waals surface area contributed by atoms with Gasteiger partial charge in [0.1, 0.15) is 5.75 Å². The third-order valence-electron chi connectivity index (χ3n) is 3.69. The van der Waals surface area contributed by atoms with Gasteiger partial charge in [0.05, 0.1) is 12.0 Å². The molecule has 0 aromatic heterocycles. The van der Waals surface area contributed by atoms with Gasteiger partial charge >= 0.3 is 5.97 Å². The highest BCUT2D eigenvalue weighted by atomic mass is 16.4. The van der Waals surface area contributed by atoms with Crippen molar-refractivity contribution < 1.29 is 19.8 Å². The highest BCUT2D eigenvalue weighted by Crippen LogP contribution is 2.33. The molecule has 0 saturated carbocycles. The summed E-state index contributed by atoms with van der Waals surface area (Å²) < 4.78 is 0. The molecule has 0 atom stereocenters. The molecule has 1 aromatic carbocycles. The zero-order valence-electron chi connectivity index (χ0n) is 13.9. The summed E-state index contributed by atoms with van der Waals surface area (Å²) in [5.41, 5.74) is 1.96. The van der Waals surface area contributed by atoms with Crippen molar-refractivity contribution in [3.8, 4) is 5.75 Å². The SMILES string of the molecule is CC(C)c1cc(C(=O)N(C)CCC(=O)O)c(O)c(C(C)C)c1. The number of nitrogens with zero attached hydrogens (tertiary/aromatic N) is 1. The van der Waals surface area contributed by atoms with Gasteiger partial charge in [-0.2, -0.15) is 0 Å². The average molecular weight is 307 g/mol. The van der Waals surface area contributed by atoms with Gasteiger partial charge < -0.3 is 15.1 Å². The lowest BCUT2D eigenvalue weighted by Crippen LogP contribution is -2.29. The van der Waals surface area contributed by atoms with Crippen LogP contribution < -0.4 is 0 Å². The van der Waals surface area contributed by atoms with E-state index in [-0.39, 0.29) is 42.0 Å². The first kappa shape index (κ1) is 18.0. The van der Waals surface area contributed by atoms with Crippen LogP contribution in [0.15, 0.2) is 12.1 Å². The summed E-state index contributed by atoms with van der Waals surface area (Å²) in [6, 6.07) is 3.63. The molecular weight excluding hydrogens is 282 g/mol. The van der Waals surface area contributed by atoms with Crippen LogP contribution in [0.5, 0.6) is 5.75 Å². The van der Waals surface area contributed by atoms with E-state index in [9.17, 15) is 14.7 Å². The molecule has 1 amide bonds. The molecule has 5 heteroatoms. The maximum atomic E-state index is 12.5. The highest BCUT2D eigenvalue weighted by Gasteiger charge is 2.21. The predicted octanol–water partition coefficient (Wildman–Crippen LogP) is 3.19. The third kappa shape index (κ3) is 4.23. The molecule has 22 heavy (non-hydrogen) atoms. The molecule has 0 unspecified atom stereocenters. The largest absolute Gasteiger partial charge is 0.507 e. The summed E-state index contributed by atoms with van der Waals surface area (Å²) >= 11 is 0. The van der Waals surface area contributed by atoms with E-state index >= 15 is 0 Å². The van der Waals surface area contributed by atoms with Gasteiger partial charge in [-0.25, -0.2) is 0 Å². The Morgan fingerprint density at radius 1 is 1.14 bits per heavy atom. The van der Waals surface area contributed by atoms with Gasteiger partial charge in [0, 0.05) is 13.6 Å². The van der Waals surface area contributed by atoms with E-state index in [1.54, 1.807) is 13.1 Å². The Hall–Kier alpha value is -2.04. The first-order valence-corrected chi connectivity index (χ1v) is 7.49. The fourth-order valence-electron chi connectivity index (χ4n) is 2.19. The fourth-order valence-corrected chi connectivity index (χ4v) is 2.19. The van der Waals surface area contributed by atoms with Crippen molar-refractivity contribution in [2.24, 2.45) is 0 Å². The molecule has 0 aliphatic carbocycles. The molecule has 0 spiro atoms. The molecule has 0 radical (unpaired) electrons. The van der Waals surface area contributed by atoms with Crippen LogP contribution in [0, 0.1) is 0 Å². The number of aromatic hydroxyl groups is 1. The normalized spacial score (nSPS) is 11.0. The molecule has 1 rings (SSSR count). The minimum absolute atomic E-state index is 0.00780. The molecule has 1 aromatic rings. The summed E-state index contributed by atoms with van der Waals surface area (Å²) in [6.07, 6.45) is -0.121. The van der Waals surface area contributed by atoms with Crippen molar-refractivity contribution in [3.05, 3.63) is 28.8 Å². The first-order valence-electron chi connectivity index (χ1n) is 7.49. The summed E-state index contributed by atoms with van der Waals surface area (Å²) in [5, 5.41) is 19.1. The highest BCUT2D eigenvalue weighted by molar-refractivity contribution is 5.97. The number of hydrogen-bond acceptors (Lipinski definition) is 3. The predicted molar refractivity (Wildman–Crippen MR) is 85.5 cm³/mol. The molecule has 0 bridgehead atoms. The van der Waals surface area contributed by atoms with E-state index in [0.717, 1.165) is 11.1 Å². The molecule has 0 saturated heterocycles. The molecule has 122 valence electrons. The van der Waals surface area contributed by atoms with Crippen LogP contribution in [-0.2, 0) is 4.79 Å². The molecule has 0 heterocycles. The van der Waals surface area contributed by atoms with Gasteiger partial charge in [-0.1, -0.05) is 33.8 Å². The first-order chi connectivity index (χ1) is 10.1. The number of hydrogen-bond donors (Lipinski definition) is 2. The van der Waals surface area contributed by atoms with Gasteiger partial charge in [0.2, 0.25) is 0 Å². The van der Waals surface area contributed by atoms with Gasteiger partial charge in [-0.3, -0.25) is 9.59 Å². The number of phenols is 1. The van der Waals surface area contributed by atoms with E-state index in [0.29, 0.717) is 0 Å². The number of phenolic OH excluding ortho intramolecular Hbond substituents is 1. The van der Waals surface area contributed by atoms with Crippen molar-refractivity contribution in [3.63, 3.8) is 0 Å². The topological polar surface area (TPSA) is 77.8 Å². The lowest BCUT2D eigenvalue weighted by molar-refractivity contribution is -0.137. The van der Waals surface area contributed by atoms with Crippen molar-refractivity contribution in [2.75, 3.05) is 13.6 Å². The lowest BCUT2D eigenvalue weighted by atomic mass is 9.91. The van der Waals surface area contributed by atoms with Gasteiger partial charge in [0.25, 0.3) is 5.91 Å².